The van der Waals surface area contributed by atoms with E-state index in [0.29, 0.717) is 0 Å². The van der Waals surface area contributed by atoms with Crippen LogP contribution in [-0.4, -0.2) is 36.2 Å². The van der Waals surface area contributed by atoms with Crippen LogP contribution in [0.4, 0.5) is 13.6 Å². The zero-order valence-corrected chi connectivity index (χ0v) is 14.4. The fourth-order valence-electron chi connectivity index (χ4n) is 3.33. The summed E-state index contributed by atoms with van der Waals surface area (Å²) in [7, 11) is 0. The third-order valence-electron chi connectivity index (χ3n) is 4.62. The van der Waals surface area contributed by atoms with E-state index in [1.54, 1.807) is 0 Å². The average Bonchev–Trinajstić information content (AvgIpc) is 2.97. The molecular formula is C20H19F2NO4. The van der Waals surface area contributed by atoms with E-state index in [-0.39, 0.29) is 18.9 Å². The zero-order chi connectivity index (χ0) is 19.4. The molecule has 0 saturated heterocycles. The zero-order valence-electron chi connectivity index (χ0n) is 14.4. The normalized spacial score (nSPS) is 13.7. The van der Waals surface area contributed by atoms with Gasteiger partial charge in [0.05, 0.1) is 6.04 Å². The molecule has 0 heterocycles. The third kappa shape index (κ3) is 4.24. The molecule has 1 aliphatic carbocycles. The maximum Gasteiger partial charge on any atom is 0.407 e. The van der Waals surface area contributed by atoms with Gasteiger partial charge in [-0.05, 0) is 28.7 Å². The summed E-state index contributed by atoms with van der Waals surface area (Å²) in [6.45, 7) is 0.00868. The molecule has 1 unspecified atom stereocenters. The van der Waals surface area contributed by atoms with Gasteiger partial charge in [0.15, 0.2) is 0 Å². The lowest BCUT2D eigenvalue weighted by atomic mass is 9.98. The van der Waals surface area contributed by atoms with Crippen molar-refractivity contribution in [3.05, 3.63) is 59.7 Å². The Bertz CT molecular complexity index is 795. The first-order valence-corrected chi connectivity index (χ1v) is 8.59. The molecule has 2 aromatic carbocycles. The SMILES string of the molecule is O=C(O)CCC(NC(=O)OCC1c2ccccc2-c2ccccc21)C(F)F. The number of benzene rings is 2. The van der Waals surface area contributed by atoms with Crippen molar-refractivity contribution in [1.82, 2.24) is 5.32 Å². The van der Waals surface area contributed by atoms with Gasteiger partial charge in [0, 0.05) is 12.3 Å². The predicted molar refractivity (Wildman–Crippen MR) is 94.9 cm³/mol. The van der Waals surface area contributed by atoms with E-state index in [9.17, 15) is 18.4 Å². The van der Waals surface area contributed by atoms with E-state index < -0.39 is 31.0 Å². The molecule has 1 amide bonds. The van der Waals surface area contributed by atoms with Crippen molar-refractivity contribution in [2.45, 2.75) is 31.2 Å². The van der Waals surface area contributed by atoms with Gasteiger partial charge in [-0.1, -0.05) is 48.5 Å². The van der Waals surface area contributed by atoms with E-state index in [0.717, 1.165) is 22.3 Å². The van der Waals surface area contributed by atoms with Crippen molar-refractivity contribution in [2.24, 2.45) is 0 Å². The topological polar surface area (TPSA) is 75.6 Å². The molecule has 0 aromatic heterocycles. The van der Waals surface area contributed by atoms with E-state index in [2.05, 4.69) is 5.32 Å². The third-order valence-corrected chi connectivity index (χ3v) is 4.62. The summed E-state index contributed by atoms with van der Waals surface area (Å²) in [5, 5.41) is 10.7. The van der Waals surface area contributed by atoms with E-state index in [1.165, 1.54) is 0 Å². The van der Waals surface area contributed by atoms with Crippen LogP contribution in [0.15, 0.2) is 48.5 Å². The fourth-order valence-corrected chi connectivity index (χ4v) is 3.33. The van der Waals surface area contributed by atoms with Crippen molar-refractivity contribution < 1.29 is 28.2 Å². The lowest BCUT2D eigenvalue weighted by molar-refractivity contribution is -0.137. The quantitative estimate of drug-likeness (QED) is 0.766. The van der Waals surface area contributed by atoms with Crippen LogP contribution in [0, 0.1) is 0 Å². The Balaban J connectivity index is 1.66. The van der Waals surface area contributed by atoms with Crippen molar-refractivity contribution >= 4 is 12.1 Å². The second kappa shape index (κ2) is 8.16. The number of halogens is 2. The summed E-state index contributed by atoms with van der Waals surface area (Å²) in [5.41, 5.74) is 4.16. The molecule has 0 spiro atoms. The van der Waals surface area contributed by atoms with Crippen LogP contribution in [0.2, 0.25) is 0 Å². The van der Waals surface area contributed by atoms with Crippen LogP contribution in [-0.2, 0) is 9.53 Å². The molecule has 3 rings (SSSR count). The number of alkyl carbamates (subject to hydrolysis) is 1. The van der Waals surface area contributed by atoms with Gasteiger partial charge < -0.3 is 15.2 Å². The Morgan fingerprint density at radius 2 is 1.59 bits per heavy atom. The largest absolute Gasteiger partial charge is 0.481 e. The van der Waals surface area contributed by atoms with Crippen molar-refractivity contribution in [2.75, 3.05) is 6.61 Å². The van der Waals surface area contributed by atoms with Crippen LogP contribution in [0.1, 0.15) is 29.9 Å². The summed E-state index contributed by atoms with van der Waals surface area (Å²) >= 11 is 0. The molecule has 0 aliphatic heterocycles. The van der Waals surface area contributed by atoms with E-state index >= 15 is 0 Å². The molecule has 1 aliphatic rings. The molecule has 7 heteroatoms. The van der Waals surface area contributed by atoms with Crippen molar-refractivity contribution in [3.63, 3.8) is 0 Å². The van der Waals surface area contributed by atoms with Gasteiger partial charge in [0.2, 0.25) is 0 Å². The van der Waals surface area contributed by atoms with Crippen LogP contribution in [0.25, 0.3) is 11.1 Å². The van der Waals surface area contributed by atoms with Crippen molar-refractivity contribution in [3.8, 4) is 11.1 Å². The molecule has 27 heavy (non-hydrogen) atoms. The number of alkyl halides is 2. The first kappa shape index (κ1) is 18.8. The number of ether oxygens (including phenoxy) is 1. The molecule has 0 saturated carbocycles. The molecular weight excluding hydrogens is 356 g/mol. The second-order valence-electron chi connectivity index (χ2n) is 6.34. The number of carbonyl (C=O) groups is 2. The smallest absolute Gasteiger partial charge is 0.407 e. The number of carbonyl (C=O) groups excluding carboxylic acids is 1. The summed E-state index contributed by atoms with van der Waals surface area (Å²) in [6.07, 6.45) is -4.67. The number of carboxylic acid groups (broad SMARTS) is 1. The van der Waals surface area contributed by atoms with E-state index in [4.69, 9.17) is 9.84 Å². The molecule has 142 valence electrons. The van der Waals surface area contributed by atoms with Crippen LogP contribution in [0.5, 0.6) is 0 Å². The fraction of sp³-hybridized carbons (Fsp3) is 0.300. The number of rotatable bonds is 7. The molecule has 0 radical (unpaired) electrons. The average molecular weight is 375 g/mol. The van der Waals surface area contributed by atoms with Crippen LogP contribution >= 0.6 is 0 Å². The van der Waals surface area contributed by atoms with Crippen LogP contribution < -0.4 is 5.32 Å². The first-order chi connectivity index (χ1) is 13.0. The van der Waals surface area contributed by atoms with Gasteiger partial charge in [-0.25, -0.2) is 13.6 Å². The minimum Gasteiger partial charge on any atom is -0.481 e. The van der Waals surface area contributed by atoms with Gasteiger partial charge >= 0.3 is 12.1 Å². The van der Waals surface area contributed by atoms with Crippen molar-refractivity contribution in [1.29, 1.82) is 0 Å². The maximum absolute atomic E-state index is 13.0. The number of amides is 1. The highest BCUT2D eigenvalue weighted by atomic mass is 19.3. The number of carboxylic acids is 1. The minimum atomic E-state index is -2.87. The van der Waals surface area contributed by atoms with Crippen LogP contribution in [0.3, 0.4) is 0 Å². The number of nitrogens with one attached hydrogen (secondary N) is 1. The number of fused-ring (bicyclic) bond motifs is 3. The Kier molecular flexibility index (Phi) is 5.69. The lowest BCUT2D eigenvalue weighted by Crippen LogP contribution is -2.41. The number of hydrogen-bond acceptors (Lipinski definition) is 3. The molecule has 2 aromatic rings. The van der Waals surface area contributed by atoms with Gasteiger partial charge in [0.25, 0.3) is 6.43 Å². The molecule has 0 fully saturated rings. The molecule has 1 atom stereocenters. The maximum atomic E-state index is 13.0. The number of aliphatic carboxylic acids is 1. The molecule has 0 bridgehead atoms. The molecule has 5 nitrogen and oxygen atoms in total. The highest BCUT2D eigenvalue weighted by molar-refractivity contribution is 5.79. The minimum absolute atomic E-state index is 0.00868. The summed E-state index contributed by atoms with van der Waals surface area (Å²) in [5.74, 6) is -1.37. The highest BCUT2D eigenvalue weighted by Gasteiger charge is 2.30. The predicted octanol–water partition coefficient (Wildman–Crippen LogP) is 4.02. The van der Waals surface area contributed by atoms with Gasteiger partial charge in [0.1, 0.15) is 6.61 Å². The Morgan fingerprint density at radius 1 is 1.04 bits per heavy atom. The summed E-state index contributed by atoms with van der Waals surface area (Å²) in [6, 6.07) is 14.0. The van der Waals surface area contributed by atoms with Gasteiger partial charge in [-0.15, -0.1) is 0 Å². The Morgan fingerprint density at radius 3 is 2.11 bits per heavy atom. The van der Waals surface area contributed by atoms with E-state index in [1.807, 2.05) is 48.5 Å². The summed E-state index contributed by atoms with van der Waals surface area (Å²) in [4.78, 5) is 22.5. The summed E-state index contributed by atoms with van der Waals surface area (Å²) < 4.78 is 31.2. The standard InChI is InChI=1S/C20H19F2NO4/c21-19(22)17(9-10-18(24)25)23-20(26)27-11-16-14-7-3-1-5-12(14)13-6-2-4-8-15(13)16/h1-8,16-17,19H,9-11H2,(H,23,26)(H,24,25). The first-order valence-electron chi connectivity index (χ1n) is 8.59. The van der Waals surface area contributed by atoms with Gasteiger partial charge in [-0.3, -0.25) is 4.79 Å². The highest BCUT2D eigenvalue weighted by Crippen LogP contribution is 2.44. The molecule has 2 N–H and O–H groups in total. The number of hydrogen-bond donors (Lipinski definition) is 2. The lowest BCUT2D eigenvalue weighted by Gasteiger charge is -2.19. The Labute approximate surface area is 155 Å². The monoisotopic (exact) mass is 375 g/mol. The second-order valence-corrected chi connectivity index (χ2v) is 6.34. The Hall–Kier alpha value is -2.96. The van der Waals surface area contributed by atoms with Gasteiger partial charge in [-0.2, -0.15) is 0 Å².